The van der Waals surface area contributed by atoms with Gasteiger partial charge < -0.3 is 15.4 Å². The van der Waals surface area contributed by atoms with Crippen molar-refractivity contribution in [3.63, 3.8) is 0 Å². The highest BCUT2D eigenvalue weighted by Gasteiger charge is 2.15. The molecule has 0 fully saturated rings. The van der Waals surface area contributed by atoms with E-state index < -0.39 is 6.04 Å². The summed E-state index contributed by atoms with van der Waals surface area (Å²) in [5.74, 6) is -0.338. The zero-order chi connectivity index (χ0) is 14.3. The highest BCUT2D eigenvalue weighted by Crippen LogP contribution is 2.15. The number of hydrogen-bond donors (Lipinski definition) is 1. The Labute approximate surface area is 115 Å². The first-order valence-electron chi connectivity index (χ1n) is 6.88. The molecule has 0 radical (unpaired) electrons. The smallest absolute Gasteiger partial charge is 0.323 e. The molecule has 1 aromatic rings. The lowest BCUT2D eigenvalue weighted by atomic mass is 10.1. The molecule has 0 aromatic heterocycles. The molecule has 1 unspecified atom stereocenters. The average Bonchev–Trinajstić information content (AvgIpc) is 2.42. The lowest BCUT2D eigenvalue weighted by Crippen LogP contribution is -2.34. The van der Waals surface area contributed by atoms with Crippen LogP contribution in [0.25, 0.3) is 0 Å². The number of hydrogen-bond acceptors (Lipinski definition) is 4. The lowest BCUT2D eigenvalue weighted by molar-refractivity contribution is -0.144. The zero-order valence-electron chi connectivity index (χ0n) is 12.1. The van der Waals surface area contributed by atoms with Crippen molar-refractivity contribution in [3.05, 3.63) is 29.8 Å². The highest BCUT2D eigenvalue weighted by molar-refractivity contribution is 5.75. The number of nitrogens with zero attached hydrogens (tertiary/aromatic N) is 1. The average molecular weight is 264 g/mol. The Morgan fingerprint density at radius 3 is 2.26 bits per heavy atom. The van der Waals surface area contributed by atoms with Crippen LogP contribution in [0, 0.1) is 0 Å². The van der Waals surface area contributed by atoms with E-state index in [4.69, 9.17) is 10.5 Å². The summed E-state index contributed by atoms with van der Waals surface area (Å²) in [6, 6.07) is 7.60. The van der Waals surface area contributed by atoms with Crippen LogP contribution in [0.4, 0.5) is 5.69 Å². The second kappa shape index (κ2) is 7.79. The summed E-state index contributed by atoms with van der Waals surface area (Å²) in [6.07, 6.45) is 0.511. The zero-order valence-corrected chi connectivity index (χ0v) is 12.1. The van der Waals surface area contributed by atoms with Gasteiger partial charge in [-0.2, -0.15) is 0 Å². The first-order valence-corrected chi connectivity index (χ1v) is 6.88. The van der Waals surface area contributed by atoms with Gasteiger partial charge in [0.25, 0.3) is 0 Å². The van der Waals surface area contributed by atoms with Crippen molar-refractivity contribution < 1.29 is 9.53 Å². The minimum Gasteiger partial charge on any atom is -0.465 e. The van der Waals surface area contributed by atoms with Crippen LogP contribution < -0.4 is 10.6 Å². The fourth-order valence-corrected chi connectivity index (χ4v) is 2.02. The molecule has 1 aromatic carbocycles. The van der Waals surface area contributed by atoms with Gasteiger partial charge in [-0.1, -0.05) is 12.1 Å². The van der Waals surface area contributed by atoms with Crippen molar-refractivity contribution in [3.8, 4) is 0 Å². The van der Waals surface area contributed by atoms with Crippen LogP contribution in [0.5, 0.6) is 0 Å². The molecular formula is C15H24N2O2. The Kier molecular flexibility index (Phi) is 6.36. The maximum Gasteiger partial charge on any atom is 0.323 e. The van der Waals surface area contributed by atoms with Gasteiger partial charge in [-0.05, 0) is 44.9 Å². The minimum atomic E-state index is -0.584. The topological polar surface area (TPSA) is 55.6 Å². The predicted octanol–water partition coefficient (Wildman–Crippen LogP) is 1.97. The van der Waals surface area contributed by atoms with Gasteiger partial charge in [0.15, 0.2) is 0 Å². The first kappa shape index (κ1) is 15.5. The van der Waals surface area contributed by atoms with Gasteiger partial charge in [0.1, 0.15) is 6.04 Å². The van der Waals surface area contributed by atoms with Crippen LogP contribution in [-0.2, 0) is 16.0 Å². The summed E-state index contributed by atoms with van der Waals surface area (Å²) >= 11 is 0. The van der Waals surface area contributed by atoms with Gasteiger partial charge in [0, 0.05) is 18.8 Å². The van der Waals surface area contributed by atoms with Crippen molar-refractivity contribution >= 4 is 11.7 Å². The number of benzene rings is 1. The fraction of sp³-hybridized carbons (Fsp3) is 0.533. The van der Waals surface area contributed by atoms with E-state index in [0.717, 1.165) is 18.7 Å². The van der Waals surface area contributed by atoms with Gasteiger partial charge >= 0.3 is 5.97 Å². The van der Waals surface area contributed by atoms with Crippen LogP contribution in [0.15, 0.2) is 24.3 Å². The maximum atomic E-state index is 11.5. The number of carbonyl (C=O) groups excluding carboxylic acids is 1. The summed E-state index contributed by atoms with van der Waals surface area (Å²) in [4.78, 5) is 13.7. The Hall–Kier alpha value is -1.55. The van der Waals surface area contributed by atoms with Crippen LogP contribution in [0.1, 0.15) is 26.3 Å². The summed E-state index contributed by atoms with van der Waals surface area (Å²) in [5, 5.41) is 0. The van der Waals surface area contributed by atoms with Crippen molar-refractivity contribution in [2.75, 3.05) is 24.6 Å². The van der Waals surface area contributed by atoms with Gasteiger partial charge in [0.2, 0.25) is 0 Å². The van der Waals surface area contributed by atoms with Crippen molar-refractivity contribution in [2.24, 2.45) is 5.73 Å². The molecule has 0 saturated heterocycles. The molecule has 0 heterocycles. The summed E-state index contributed by atoms with van der Waals surface area (Å²) in [6.45, 7) is 8.38. The van der Waals surface area contributed by atoms with E-state index >= 15 is 0 Å². The summed E-state index contributed by atoms with van der Waals surface area (Å²) < 4.78 is 4.90. The number of anilines is 1. The summed E-state index contributed by atoms with van der Waals surface area (Å²) in [7, 11) is 0. The second-order valence-corrected chi connectivity index (χ2v) is 4.40. The third-order valence-corrected chi connectivity index (χ3v) is 3.11. The first-order chi connectivity index (χ1) is 9.12. The Balaban J connectivity index is 2.64. The molecule has 1 atom stereocenters. The molecule has 0 spiro atoms. The van der Waals surface area contributed by atoms with Gasteiger partial charge in [-0.3, -0.25) is 4.79 Å². The lowest BCUT2D eigenvalue weighted by Gasteiger charge is -2.21. The van der Waals surface area contributed by atoms with E-state index in [9.17, 15) is 4.79 Å². The molecule has 4 heteroatoms. The van der Waals surface area contributed by atoms with Gasteiger partial charge in [-0.25, -0.2) is 0 Å². The molecule has 19 heavy (non-hydrogen) atoms. The molecule has 106 valence electrons. The third-order valence-electron chi connectivity index (χ3n) is 3.11. The molecule has 0 aliphatic carbocycles. The quantitative estimate of drug-likeness (QED) is 0.765. The van der Waals surface area contributed by atoms with E-state index in [1.165, 1.54) is 5.69 Å². The van der Waals surface area contributed by atoms with Crippen molar-refractivity contribution in [2.45, 2.75) is 33.2 Å². The normalized spacial score (nSPS) is 12.0. The molecule has 0 aliphatic heterocycles. The monoisotopic (exact) mass is 264 g/mol. The Bertz CT molecular complexity index is 386. The molecule has 0 saturated carbocycles. The molecule has 0 bridgehead atoms. The second-order valence-electron chi connectivity index (χ2n) is 4.40. The molecule has 1 rings (SSSR count). The Morgan fingerprint density at radius 1 is 1.21 bits per heavy atom. The van der Waals surface area contributed by atoms with E-state index in [1.807, 2.05) is 12.1 Å². The third kappa shape index (κ3) is 4.56. The van der Waals surface area contributed by atoms with Crippen molar-refractivity contribution in [1.29, 1.82) is 0 Å². The molecule has 4 nitrogen and oxygen atoms in total. The van der Waals surface area contributed by atoms with Crippen LogP contribution in [-0.4, -0.2) is 31.7 Å². The predicted molar refractivity (Wildman–Crippen MR) is 78.3 cm³/mol. The SMILES string of the molecule is CCOC(=O)C(N)Cc1ccc(N(CC)CC)cc1. The Morgan fingerprint density at radius 2 is 1.79 bits per heavy atom. The van der Waals surface area contributed by atoms with Crippen LogP contribution >= 0.6 is 0 Å². The standard InChI is InChI=1S/C15H24N2O2/c1-4-17(5-2)13-9-7-12(8-10-13)11-14(16)15(18)19-6-3/h7-10,14H,4-6,11,16H2,1-3H3. The van der Waals surface area contributed by atoms with Crippen LogP contribution in [0.3, 0.4) is 0 Å². The van der Waals surface area contributed by atoms with Crippen LogP contribution in [0.2, 0.25) is 0 Å². The number of nitrogens with two attached hydrogens (primary N) is 1. The highest BCUT2D eigenvalue weighted by atomic mass is 16.5. The molecule has 0 amide bonds. The van der Waals surface area contributed by atoms with E-state index in [1.54, 1.807) is 6.92 Å². The largest absolute Gasteiger partial charge is 0.465 e. The van der Waals surface area contributed by atoms with E-state index in [2.05, 4.69) is 30.9 Å². The van der Waals surface area contributed by atoms with E-state index in [-0.39, 0.29) is 5.97 Å². The molecular weight excluding hydrogens is 240 g/mol. The minimum absolute atomic E-state index is 0.338. The fourth-order valence-electron chi connectivity index (χ4n) is 2.02. The van der Waals surface area contributed by atoms with E-state index in [0.29, 0.717) is 13.0 Å². The van der Waals surface area contributed by atoms with Crippen molar-refractivity contribution in [1.82, 2.24) is 0 Å². The number of ether oxygens (including phenoxy) is 1. The number of rotatable bonds is 7. The molecule has 2 N–H and O–H groups in total. The maximum absolute atomic E-state index is 11.5. The number of esters is 1. The van der Waals surface area contributed by atoms with Gasteiger partial charge in [-0.15, -0.1) is 0 Å². The molecule has 0 aliphatic rings. The number of carbonyl (C=O) groups is 1. The van der Waals surface area contributed by atoms with Gasteiger partial charge in [0.05, 0.1) is 6.61 Å². The summed E-state index contributed by atoms with van der Waals surface area (Å²) in [5.41, 5.74) is 8.05.